The van der Waals surface area contributed by atoms with Gasteiger partial charge in [0.1, 0.15) is 11.2 Å². The first-order valence-corrected chi connectivity index (χ1v) is 21.9. The lowest BCUT2D eigenvalue weighted by Crippen LogP contribution is -2.16. The van der Waals surface area contributed by atoms with E-state index in [1.807, 2.05) is 72.0 Å². The van der Waals surface area contributed by atoms with E-state index in [0.29, 0.717) is 29.3 Å². The van der Waals surface area contributed by atoms with Crippen molar-refractivity contribution in [3.05, 3.63) is 211 Å². The van der Waals surface area contributed by atoms with E-state index < -0.39 is 0 Å². The maximum Gasteiger partial charge on any atom is 0.164 e. The molecule has 2 aliphatic rings. The number of nitrogens with zero attached hydrogens (tertiary/aromatic N) is 3. The number of fused-ring (bicyclic) bond motifs is 12. The summed E-state index contributed by atoms with van der Waals surface area (Å²) >= 11 is 1.85. The molecule has 0 amide bonds. The lowest BCUT2D eigenvalue weighted by molar-refractivity contribution is 0.669. The zero-order valence-corrected chi connectivity index (χ0v) is 34.2. The summed E-state index contributed by atoms with van der Waals surface area (Å²) in [5, 5.41) is 4.63. The lowest BCUT2D eigenvalue weighted by atomic mass is 9.69. The monoisotopic (exact) mass is 809 g/mol. The van der Waals surface area contributed by atoms with Gasteiger partial charge in [-0.05, 0) is 99.1 Å². The summed E-state index contributed by atoms with van der Waals surface area (Å²) in [6.07, 6.45) is 9.14. The third-order valence-corrected chi connectivity index (χ3v) is 13.9. The van der Waals surface area contributed by atoms with Gasteiger partial charge in [0.25, 0.3) is 0 Å². The van der Waals surface area contributed by atoms with Crippen LogP contribution in [0.2, 0.25) is 0 Å². The number of para-hydroxylation sites is 1. The van der Waals surface area contributed by atoms with E-state index >= 15 is 0 Å². The largest absolute Gasteiger partial charge is 0.456 e. The summed E-state index contributed by atoms with van der Waals surface area (Å²) in [4.78, 5) is 15.3. The highest BCUT2D eigenvalue weighted by molar-refractivity contribution is 7.26. The second-order valence-electron chi connectivity index (χ2n) is 16.3. The van der Waals surface area contributed by atoms with Gasteiger partial charge in [-0.1, -0.05) is 146 Å². The number of hydrogen-bond acceptors (Lipinski definition) is 5. The van der Waals surface area contributed by atoms with Crippen molar-refractivity contribution >= 4 is 53.4 Å². The molecule has 8 aromatic carbocycles. The fourth-order valence-corrected chi connectivity index (χ4v) is 10.9. The number of furan rings is 1. The molecule has 0 N–H and O–H groups in total. The Kier molecular flexibility index (Phi) is 7.87. The van der Waals surface area contributed by atoms with Crippen molar-refractivity contribution in [1.82, 2.24) is 15.0 Å². The molecule has 0 aliphatic heterocycles. The highest BCUT2D eigenvalue weighted by Gasteiger charge is 2.32. The molecule has 3 aromatic heterocycles. The highest BCUT2D eigenvalue weighted by atomic mass is 32.1. The van der Waals surface area contributed by atoms with Crippen molar-refractivity contribution in [2.24, 2.45) is 0 Å². The number of benzene rings is 8. The second kappa shape index (κ2) is 13.9. The van der Waals surface area contributed by atoms with Gasteiger partial charge in [0.2, 0.25) is 0 Å². The summed E-state index contributed by atoms with van der Waals surface area (Å²) in [5.74, 6) is 2.53. The van der Waals surface area contributed by atoms with Crippen molar-refractivity contribution in [2.75, 3.05) is 0 Å². The molecule has 11 aromatic rings. The second-order valence-corrected chi connectivity index (χ2v) is 17.3. The average molecular weight is 810 g/mol. The summed E-state index contributed by atoms with van der Waals surface area (Å²) in [6.45, 7) is 0. The summed E-state index contributed by atoms with van der Waals surface area (Å²) < 4.78 is 8.69. The van der Waals surface area contributed by atoms with Crippen molar-refractivity contribution in [3.63, 3.8) is 0 Å². The maximum absolute atomic E-state index is 6.16. The van der Waals surface area contributed by atoms with Crippen molar-refractivity contribution in [1.29, 1.82) is 0 Å². The van der Waals surface area contributed by atoms with E-state index in [0.717, 1.165) is 44.2 Å². The molecule has 5 heteroatoms. The van der Waals surface area contributed by atoms with Crippen molar-refractivity contribution in [3.8, 4) is 67.5 Å². The Hall–Kier alpha value is -7.73. The highest BCUT2D eigenvalue weighted by Crippen LogP contribution is 2.50. The van der Waals surface area contributed by atoms with E-state index in [1.165, 1.54) is 59.1 Å². The van der Waals surface area contributed by atoms with Crippen LogP contribution < -0.4 is 0 Å². The van der Waals surface area contributed by atoms with Crippen LogP contribution in [0.4, 0.5) is 0 Å². The molecule has 290 valence electrons. The van der Waals surface area contributed by atoms with Crippen LogP contribution in [0.3, 0.4) is 0 Å². The van der Waals surface area contributed by atoms with Crippen LogP contribution in [0.5, 0.6) is 0 Å². The lowest BCUT2D eigenvalue weighted by Gasteiger charge is -2.34. The van der Waals surface area contributed by atoms with Gasteiger partial charge in [0.05, 0.1) is 0 Å². The normalized spacial score (nSPS) is 15.3. The predicted molar refractivity (Wildman–Crippen MR) is 256 cm³/mol. The minimum absolute atomic E-state index is 0.319. The first-order valence-electron chi connectivity index (χ1n) is 21.1. The van der Waals surface area contributed by atoms with Gasteiger partial charge in [-0.15, -0.1) is 11.3 Å². The van der Waals surface area contributed by atoms with Crippen LogP contribution in [0.15, 0.2) is 205 Å². The summed E-state index contributed by atoms with van der Waals surface area (Å²) in [6, 6.07) is 62.8. The van der Waals surface area contributed by atoms with E-state index in [2.05, 4.69) is 140 Å². The Labute approximate surface area is 361 Å². The average Bonchev–Trinajstić information content (AvgIpc) is 3.92. The Morgan fingerprint density at radius 1 is 0.371 bits per heavy atom. The Morgan fingerprint density at radius 3 is 1.87 bits per heavy atom. The molecule has 13 rings (SSSR count). The third kappa shape index (κ3) is 5.63. The van der Waals surface area contributed by atoms with Crippen LogP contribution in [-0.2, 0) is 0 Å². The van der Waals surface area contributed by atoms with Crippen LogP contribution in [0, 0.1) is 0 Å². The molecular weight excluding hydrogens is 775 g/mol. The van der Waals surface area contributed by atoms with Gasteiger partial charge in [0, 0.05) is 59.5 Å². The Balaban J connectivity index is 0.926. The predicted octanol–water partition coefficient (Wildman–Crippen LogP) is 15.4. The van der Waals surface area contributed by atoms with E-state index in [9.17, 15) is 0 Å². The molecule has 0 saturated heterocycles. The summed E-state index contributed by atoms with van der Waals surface area (Å²) in [7, 11) is 0. The molecule has 0 bridgehead atoms. The molecule has 4 nitrogen and oxygen atoms in total. The Morgan fingerprint density at radius 2 is 0.984 bits per heavy atom. The number of allylic oxidation sites excluding steroid dienone is 4. The molecule has 0 saturated carbocycles. The fourth-order valence-electron chi connectivity index (χ4n) is 9.79. The molecule has 3 heterocycles. The molecular formula is C57H35N3OS. The summed E-state index contributed by atoms with van der Waals surface area (Å²) in [5.41, 5.74) is 14.7. The van der Waals surface area contributed by atoms with Crippen molar-refractivity contribution in [2.45, 2.75) is 11.8 Å². The Bertz CT molecular complexity index is 3670. The molecule has 0 spiro atoms. The molecule has 62 heavy (non-hydrogen) atoms. The van der Waals surface area contributed by atoms with Gasteiger partial charge < -0.3 is 4.42 Å². The fraction of sp³-hybridized carbons (Fsp3) is 0.0351. The molecule has 2 unspecified atom stereocenters. The number of rotatable bonds is 5. The van der Waals surface area contributed by atoms with Gasteiger partial charge in [-0.3, -0.25) is 0 Å². The van der Waals surface area contributed by atoms with E-state index in [-0.39, 0.29) is 0 Å². The molecule has 0 radical (unpaired) electrons. The zero-order valence-electron chi connectivity index (χ0n) is 33.4. The molecule has 2 aliphatic carbocycles. The first kappa shape index (κ1) is 35.1. The van der Waals surface area contributed by atoms with Crippen LogP contribution in [0.1, 0.15) is 23.0 Å². The van der Waals surface area contributed by atoms with Gasteiger partial charge in [-0.2, -0.15) is 0 Å². The number of aromatic nitrogens is 3. The smallest absolute Gasteiger partial charge is 0.164 e. The van der Waals surface area contributed by atoms with Crippen LogP contribution in [0.25, 0.3) is 110 Å². The number of hydrogen-bond donors (Lipinski definition) is 0. The van der Waals surface area contributed by atoms with Crippen molar-refractivity contribution < 1.29 is 4.42 Å². The molecule has 2 atom stereocenters. The van der Waals surface area contributed by atoms with Gasteiger partial charge in [-0.25, -0.2) is 15.0 Å². The third-order valence-electron chi connectivity index (χ3n) is 12.7. The zero-order chi connectivity index (χ0) is 40.7. The minimum Gasteiger partial charge on any atom is -0.456 e. The van der Waals surface area contributed by atoms with Crippen LogP contribution >= 0.6 is 11.3 Å². The number of thiophene rings is 1. The molecule has 0 fully saturated rings. The standard InChI is InChI=1S/C57H35N3OS/c1-2-12-34(13-3-1)55-58-56(60-57(59-55)39-25-28-51-48(33-39)46-20-8-9-22-50(46)61-51)38-15-10-14-37(30-38)40-21-11-23-53-54(40)49-32-36(26-29-52(49)62-53)35-24-27-45-43-18-5-4-16-41(43)42-17-6-7-19-44(42)47(45)31-35/h1-33,42,44H. The quantitative estimate of drug-likeness (QED) is 0.174. The topological polar surface area (TPSA) is 51.8 Å². The minimum atomic E-state index is 0.319. The van der Waals surface area contributed by atoms with E-state index in [4.69, 9.17) is 19.4 Å². The van der Waals surface area contributed by atoms with Gasteiger partial charge in [0.15, 0.2) is 17.5 Å². The first-order chi connectivity index (χ1) is 30.7. The van der Waals surface area contributed by atoms with Crippen LogP contribution in [-0.4, -0.2) is 15.0 Å². The van der Waals surface area contributed by atoms with Gasteiger partial charge >= 0.3 is 0 Å². The van der Waals surface area contributed by atoms with E-state index in [1.54, 1.807) is 0 Å². The maximum atomic E-state index is 6.16. The SMILES string of the molecule is C1=CC2c3ccccc3-c3ccc(-c4ccc5sc6cccc(-c7cccc(-c8nc(-c9ccccc9)nc(-c9ccc%10oc%11ccccc%11c%10c9)n8)c7)c6c5c4)cc3C2C=C1.